The van der Waals surface area contributed by atoms with Crippen LogP contribution >= 0.6 is 0 Å². The van der Waals surface area contributed by atoms with Crippen LogP contribution in [-0.4, -0.2) is 49.2 Å². The van der Waals surface area contributed by atoms with Crippen molar-refractivity contribution >= 4 is 6.21 Å². The molecule has 2 heterocycles. The Labute approximate surface area is 97.6 Å². The maximum absolute atomic E-state index is 5.49. The summed E-state index contributed by atoms with van der Waals surface area (Å²) in [5, 5.41) is 4.70. The molecule has 0 aromatic heterocycles. The lowest BCUT2D eigenvalue weighted by Crippen LogP contribution is -2.45. The van der Waals surface area contributed by atoms with E-state index >= 15 is 0 Å². The smallest absolute Gasteiger partial charge is 0.124 e. The molecular formula is C12H21N3O. The first-order chi connectivity index (χ1) is 7.86. The Kier molecular flexibility index (Phi) is 3.96. The maximum Gasteiger partial charge on any atom is 0.124 e. The average Bonchev–Trinajstić information content (AvgIpc) is 2.76. The number of hydrogen-bond acceptors (Lipinski definition) is 4. The highest BCUT2D eigenvalue weighted by atomic mass is 16.5. The third-order valence-corrected chi connectivity index (χ3v) is 2.95. The summed E-state index contributed by atoms with van der Waals surface area (Å²) in [6.45, 7) is 8.85. The molecule has 0 radical (unpaired) electrons. The predicted molar refractivity (Wildman–Crippen MR) is 65.2 cm³/mol. The van der Waals surface area contributed by atoms with Gasteiger partial charge in [-0.25, -0.2) is 5.01 Å². The molecular weight excluding hydrogens is 202 g/mol. The molecule has 0 atom stereocenters. The highest BCUT2D eigenvalue weighted by Gasteiger charge is 2.26. The monoisotopic (exact) mass is 223 g/mol. The van der Waals surface area contributed by atoms with Crippen LogP contribution < -0.4 is 0 Å². The van der Waals surface area contributed by atoms with Crippen molar-refractivity contribution in [1.82, 2.24) is 10.0 Å². The lowest BCUT2D eigenvalue weighted by atomic mass is 10.2. The minimum Gasteiger partial charge on any atom is -0.370 e. The molecule has 0 saturated carbocycles. The van der Waals surface area contributed by atoms with Crippen molar-refractivity contribution < 1.29 is 4.74 Å². The third-order valence-electron chi connectivity index (χ3n) is 2.95. The maximum atomic E-state index is 5.49. The van der Waals surface area contributed by atoms with Gasteiger partial charge in [0.2, 0.25) is 0 Å². The first-order valence-electron chi connectivity index (χ1n) is 6.18. The van der Waals surface area contributed by atoms with E-state index in [1.807, 2.05) is 6.21 Å². The van der Waals surface area contributed by atoms with E-state index < -0.39 is 0 Å². The minimum atomic E-state index is 0.724. The fourth-order valence-corrected chi connectivity index (χ4v) is 2.23. The van der Waals surface area contributed by atoms with E-state index in [9.17, 15) is 0 Å². The van der Waals surface area contributed by atoms with Gasteiger partial charge < -0.3 is 4.74 Å². The number of hydrazine groups is 1. The molecule has 0 spiro atoms. The van der Waals surface area contributed by atoms with Crippen molar-refractivity contribution in [3.05, 3.63) is 11.3 Å². The summed E-state index contributed by atoms with van der Waals surface area (Å²) in [5.41, 5.74) is 2.57. The molecule has 0 amide bonds. The van der Waals surface area contributed by atoms with Crippen LogP contribution in [0.3, 0.4) is 0 Å². The van der Waals surface area contributed by atoms with Crippen molar-refractivity contribution in [1.29, 1.82) is 0 Å². The summed E-state index contributed by atoms with van der Waals surface area (Å²) in [6, 6.07) is 0. The van der Waals surface area contributed by atoms with Crippen molar-refractivity contribution in [2.75, 3.05) is 33.0 Å². The molecule has 90 valence electrons. The minimum absolute atomic E-state index is 0.724. The number of hydrogen-bond donors (Lipinski definition) is 0. The Hall–Kier alpha value is -0.870. The van der Waals surface area contributed by atoms with Crippen molar-refractivity contribution in [2.24, 2.45) is 4.99 Å². The van der Waals surface area contributed by atoms with E-state index in [4.69, 9.17) is 4.74 Å². The van der Waals surface area contributed by atoms with Gasteiger partial charge in [0.05, 0.1) is 18.9 Å². The largest absolute Gasteiger partial charge is 0.370 e. The Bertz CT molecular complexity index is 293. The molecule has 4 heteroatoms. The standard InChI is InChI=1S/C12H21N3O/c1-3-5-14(6-4-2)15-10-13-7-11-8-16-9-12(11)15/h7H,3-6,8-10H2,1-2H3. The van der Waals surface area contributed by atoms with Crippen LogP contribution in [0.5, 0.6) is 0 Å². The first-order valence-corrected chi connectivity index (χ1v) is 6.18. The van der Waals surface area contributed by atoms with Gasteiger partial charge in [-0.1, -0.05) is 13.8 Å². The van der Waals surface area contributed by atoms with Crippen LogP contribution in [0.25, 0.3) is 0 Å². The molecule has 0 fully saturated rings. The lowest BCUT2D eigenvalue weighted by molar-refractivity contribution is 0.00104. The molecule has 0 saturated heterocycles. The van der Waals surface area contributed by atoms with Gasteiger partial charge in [0, 0.05) is 24.9 Å². The van der Waals surface area contributed by atoms with Gasteiger partial charge >= 0.3 is 0 Å². The zero-order valence-corrected chi connectivity index (χ0v) is 10.3. The van der Waals surface area contributed by atoms with Crippen LogP contribution in [0.2, 0.25) is 0 Å². The fraction of sp³-hybridized carbons (Fsp3) is 0.750. The Balaban J connectivity index is 2.09. The van der Waals surface area contributed by atoms with Crippen molar-refractivity contribution in [2.45, 2.75) is 26.7 Å². The Morgan fingerprint density at radius 1 is 1.31 bits per heavy atom. The van der Waals surface area contributed by atoms with Gasteiger partial charge in [-0.2, -0.15) is 0 Å². The van der Waals surface area contributed by atoms with Gasteiger partial charge in [-0.05, 0) is 12.8 Å². The molecule has 0 aliphatic carbocycles. The van der Waals surface area contributed by atoms with E-state index in [1.54, 1.807) is 0 Å². The van der Waals surface area contributed by atoms with Gasteiger partial charge in [-0.15, -0.1) is 0 Å². The zero-order chi connectivity index (χ0) is 11.4. The van der Waals surface area contributed by atoms with E-state index in [2.05, 4.69) is 28.9 Å². The lowest BCUT2D eigenvalue weighted by Gasteiger charge is -2.37. The summed E-state index contributed by atoms with van der Waals surface area (Å²) in [7, 11) is 0. The van der Waals surface area contributed by atoms with Crippen LogP contribution in [0.1, 0.15) is 26.7 Å². The van der Waals surface area contributed by atoms with Gasteiger partial charge in [0.1, 0.15) is 6.67 Å². The van der Waals surface area contributed by atoms with Crippen LogP contribution in [0, 0.1) is 0 Å². The van der Waals surface area contributed by atoms with E-state index in [-0.39, 0.29) is 0 Å². The topological polar surface area (TPSA) is 28.1 Å². The molecule has 0 N–H and O–H groups in total. The van der Waals surface area contributed by atoms with E-state index in [0.29, 0.717) is 0 Å². The summed E-state index contributed by atoms with van der Waals surface area (Å²) in [4.78, 5) is 4.41. The number of ether oxygens (including phenoxy) is 1. The van der Waals surface area contributed by atoms with E-state index in [1.165, 1.54) is 24.1 Å². The first kappa shape index (κ1) is 11.6. The molecule has 2 aliphatic rings. The second-order valence-electron chi connectivity index (χ2n) is 4.27. The summed E-state index contributed by atoms with van der Waals surface area (Å²) >= 11 is 0. The molecule has 2 aliphatic heterocycles. The van der Waals surface area contributed by atoms with Crippen molar-refractivity contribution in [3.63, 3.8) is 0 Å². The Morgan fingerprint density at radius 2 is 2.06 bits per heavy atom. The normalized spacial score (nSPS) is 19.8. The fourth-order valence-electron chi connectivity index (χ4n) is 2.23. The molecule has 4 nitrogen and oxygen atoms in total. The Morgan fingerprint density at radius 3 is 2.75 bits per heavy atom. The van der Waals surface area contributed by atoms with Gasteiger partial charge in [0.25, 0.3) is 0 Å². The average molecular weight is 223 g/mol. The van der Waals surface area contributed by atoms with Crippen LogP contribution in [0.15, 0.2) is 16.3 Å². The molecule has 0 aromatic rings. The van der Waals surface area contributed by atoms with Gasteiger partial charge in [0.15, 0.2) is 0 Å². The predicted octanol–water partition coefficient (Wildman–Crippen LogP) is 1.65. The quantitative estimate of drug-likeness (QED) is 0.709. The molecule has 16 heavy (non-hydrogen) atoms. The third kappa shape index (κ3) is 2.28. The van der Waals surface area contributed by atoms with Crippen LogP contribution in [-0.2, 0) is 4.74 Å². The highest BCUT2D eigenvalue weighted by molar-refractivity contribution is 5.81. The van der Waals surface area contributed by atoms with Gasteiger partial charge in [-0.3, -0.25) is 10.0 Å². The molecule has 0 bridgehead atoms. The summed E-state index contributed by atoms with van der Waals surface area (Å²) in [5.74, 6) is 0. The SMILES string of the molecule is CCCN(CCC)N1CN=CC2=C1COC2. The second-order valence-corrected chi connectivity index (χ2v) is 4.27. The number of rotatable bonds is 5. The summed E-state index contributed by atoms with van der Waals surface area (Å²) < 4.78 is 5.49. The molecule has 2 rings (SSSR count). The zero-order valence-electron chi connectivity index (χ0n) is 10.3. The number of aliphatic imine (C=N–C) groups is 1. The second kappa shape index (κ2) is 5.46. The number of nitrogens with zero attached hydrogens (tertiary/aromatic N) is 3. The van der Waals surface area contributed by atoms with Crippen molar-refractivity contribution in [3.8, 4) is 0 Å². The highest BCUT2D eigenvalue weighted by Crippen LogP contribution is 2.22. The summed E-state index contributed by atoms with van der Waals surface area (Å²) in [6.07, 6.45) is 4.31. The molecule has 0 unspecified atom stereocenters. The molecule has 0 aromatic carbocycles. The van der Waals surface area contributed by atoms with Crippen LogP contribution in [0.4, 0.5) is 0 Å². The van der Waals surface area contributed by atoms with E-state index in [0.717, 1.165) is 33.0 Å².